The fourth-order valence-corrected chi connectivity index (χ4v) is 12.1. The maximum atomic E-state index is 7.03. The Morgan fingerprint density at radius 2 is 0.724 bits per heavy atom. The molecule has 0 aliphatic carbocycles. The Balaban J connectivity index is 1.03. The van der Waals surface area contributed by atoms with Crippen LogP contribution in [-0.2, 0) is 10.8 Å². The molecule has 0 aromatic heterocycles. The monoisotopic (exact) mass is 983 g/mol. The van der Waals surface area contributed by atoms with Crippen molar-refractivity contribution in [3.05, 3.63) is 236 Å². The summed E-state index contributed by atoms with van der Waals surface area (Å²) in [6.07, 6.45) is 0. The van der Waals surface area contributed by atoms with Gasteiger partial charge in [0.25, 0.3) is 13.4 Å². The summed E-state index contributed by atoms with van der Waals surface area (Å²) in [5, 5.41) is 0. The van der Waals surface area contributed by atoms with Crippen molar-refractivity contribution >= 4 is 97.4 Å². The maximum absolute atomic E-state index is 7.03. The fraction of sp³-hybridized carbons (Fsp3) is 0.118. The number of hydrogen-bond donors (Lipinski definition) is 0. The molecule has 0 bridgehead atoms. The minimum absolute atomic E-state index is 0.0134. The summed E-state index contributed by atoms with van der Waals surface area (Å²) in [6, 6.07) is 80.7. The van der Waals surface area contributed by atoms with Gasteiger partial charge in [0.05, 0.1) is 0 Å². The Morgan fingerprint density at radius 1 is 0.316 bits per heavy atom. The molecular weight excluding hydrogens is 928 g/mol. The lowest BCUT2D eigenvalue weighted by molar-refractivity contribution is 0.462. The largest absolute Gasteiger partial charge is 0.458 e. The average Bonchev–Trinajstić information content (AvgIpc) is 3.47. The van der Waals surface area contributed by atoms with Crippen LogP contribution in [-0.4, -0.2) is 13.4 Å². The van der Waals surface area contributed by atoms with Gasteiger partial charge in [0.15, 0.2) is 0 Å². The van der Waals surface area contributed by atoms with Gasteiger partial charge in [0.2, 0.25) is 0 Å². The van der Waals surface area contributed by atoms with E-state index in [9.17, 15) is 0 Å². The first-order valence-corrected chi connectivity index (χ1v) is 26.5. The fourth-order valence-electron chi connectivity index (χ4n) is 12.1. The molecule has 10 aromatic carbocycles. The van der Waals surface area contributed by atoms with Gasteiger partial charge >= 0.3 is 0 Å². The molecule has 0 unspecified atom stereocenters. The van der Waals surface area contributed by atoms with Crippen molar-refractivity contribution in [2.24, 2.45) is 0 Å². The van der Waals surface area contributed by atoms with E-state index < -0.39 is 0 Å². The van der Waals surface area contributed by atoms with E-state index in [-0.39, 0.29) is 24.3 Å². The average molecular weight is 984 g/mol. The van der Waals surface area contributed by atoms with Crippen molar-refractivity contribution < 1.29 is 14.2 Å². The van der Waals surface area contributed by atoms with E-state index in [0.29, 0.717) is 5.75 Å². The second-order valence-electron chi connectivity index (χ2n) is 22.5. The Bertz CT molecular complexity index is 3890. The highest BCUT2D eigenvalue weighted by atomic mass is 16.5. The van der Waals surface area contributed by atoms with Crippen LogP contribution in [0, 0.1) is 0 Å². The first-order valence-electron chi connectivity index (χ1n) is 26.5. The third-order valence-electron chi connectivity index (χ3n) is 15.7. The quantitative estimate of drug-likeness (QED) is 0.148. The zero-order valence-corrected chi connectivity index (χ0v) is 43.6. The number of para-hydroxylation sites is 5. The molecule has 0 saturated carbocycles. The van der Waals surface area contributed by atoms with Crippen LogP contribution in [0.1, 0.15) is 52.7 Å². The van der Waals surface area contributed by atoms with Crippen LogP contribution in [0.5, 0.6) is 34.5 Å². The number of rotatable bonds is 7. The van der Waals surface area contributed by atoms with Crippen LogP contribution in [0.25, 0.3) is 0 Å². The zero-order chi connectivity index (χ0) is 51.5. The summed E-state index contributed by atoms with van der Waals surface area (Å²) < 4.78 is 20.9. The summed E-state index contributed by atoms with van der Waals surface area (Å²) >= 11 is 0. The van der Waals surface area contributed by atoms with Gasteiger partial charge in [0, 0.05) is 75.5 Å². The van der Waals surface area contributed by atoms with Gasteiger partial charge in [-0.05, 0) is 134 Å². The van der Waals surface area contributed by atoms with E-state index >= 15 is 0 Å². The molecule has 8 heteroatoms. The summed E-state index contributed by atoms with van der Waals surface area (Å²) in [7, 11) is 0. The molecule has 4 aliphatic heterocycles. The number of hydrogen-bond acceptors (Lipinski definition) is 6. The van der Waals surface area contributed by atoms with Gasteiger partial charge in [-0.3, -0.25) is 0 Å². The van der Waals surface area contributed by atoms with E-state index in [1.807, 2.05) is 0 Å². The lowest BCUT2D eigenvalue weighted by Gasteiger charge is -2.46. The van der Waals surface area contributed by atoms with Gasteiger partial charge in [-0.1, -0.05) is 163 Å². The molecule has 4 heterocycles. The predicted molar refractivity (Wildman–Crippen MR) is 317 cm³/mol. The van der Waals surface area contributed by atoms with Gasteiger partial charge in [-0.25, -0.2) is 0 Å². The van der Waals surface area contributed by atoms with Crippen LogP contribution in [0.2, 0.25) is 0 Å². The second kappa shape index (κ2) is 17.4. The molecule has 14 rings (SSSR count). The van der Waals surface area contributed by atoms with Crippen LogP contribution in [0.15, 0.2) is 224 Å². The molecule has 0 amide bonds. The van der Waals surface area contributed by atoms with Crippen molar-refractivity contribution in [2.75, 3.05) is 14.7 Å². The van der Waals surface area contributed by atoms with Gasteiger partial charge < -0.3 is 28.9 Å². The first-order chi connectivity index (χ1) is 36.9. The normalized spacial score (nSPS) is 13.6. The van der Waals surface area contributed by atoms with Gasteiger partial charge in [-0.15, -0.1) is 0 Å². The van der Waals surface area contributed by atoms with Crippen molar-refractivity contribution in [1.29, 1.82) is 0 Å². The van der Waals surface area contributed by atoms with Crippen LogP contribution < -0.4 is 61.7 Å². The molecule has 366 valence electrons. The SMILES string of the molecule is CC(C)(C)c1ccc(Oc2cc3c4c(c2)N(c2ccccc2)c2cc5c(cc2B4c2ccccc2O3)B2c3ccccc3N(c3ccccc3)c3cc(Oc4ccc(C(C)(C)C)cc4)cc(c32)N5c2ccccc2)cc1. The van der Waals surface area contributed by atoms with Crippen molar-refractivity contribution in [1.82, 2.24) is 0 Å². The summed E-state index contributed by atoms with van der Waals surface area (Å²) in [4.78, 5) is 7.33. The minimum atomic E-state index is -0.151. The molecule has 4 aliphatic rings. The summed E-state index contributed by atoms with van der Waals surface area (Å²) in [6.45, 7) is 13.1. The van der Waals surface area contributed by atoms with E-state index in [0.717, 1.165) is 90.9 Å². The lowest BCUT2D eigenvalue weighted by Crippen LogP contribution is -2.64. The third kappa shape index (κ3) is 7.49. The van der Waals surface area contributed by atoms with Crippen molar-refractivity contribution in [3.63, 3.8) is 0 Å². The van der Waals surface area contributed by atoms with Gasteiger partial charge in [0.1, 0.15) is 34.5 Å². The van der Waals surface area contributed by atoms with Crippen LogP contribution in [0.4, 0.5) is 51.2 Å². The van der Waals surface area contributed by atoms with E-state index in [2.05, 4.69) is 281 Å². The highest BCUT2D eigenvalue weighted by Crippen LogP contribution is 2.50. The Kier molecular flexibility index (Phi) is 10.4. The minimum Gasteiger partial charge on any atom is -0.458 e. The number of ether oxygens (including phenoxy) is 3. The highest BCUT2D eigenvalue weighted by molar-refractivity contribution is 7.02. The molecule has 6 nitrogen and oxygen atoms in total. The highest BCUT2D eigenvalue weighted by Gasteiger charge is 2.48. The van der Waals surface area contributed by atoms with E-state index in [1.54, 1.807) is 0 Å². The summed E-state index contributed by atoms with van der Waals surface area (Å²) in [5.41, 5.74) is 19.3. The lowest BCUT2D eigenvalue weighted by atomic mass is 9.30. The topological polar surface area (TPSA) is 37.4 Å². The molecule has 76 heavy (non-hydrogen) atoms. The molecule has 0 N–H and O–H groups in total. The maximum Gasteiger partial charge on any atom is 0.256 e. The van der Waals surface area contributed by atoms with Crippen molar-refractivity contribution in [2.45, 2.75) is 52.4 Å². The Morgan fingerprint density at radius 3 is 1.22 bits per heavy atom. The zero-order valence-electron chi connectivity index (χ0n) is 43.6. The smallest absolute Gasteiger partial charge is 0.256 e. The summed E-state index contributed by atoms with van der Waals surface area (Å²) in [5.74, 6) is 4.64. The van der Waals surface area contributed by atoms with E-state index in [4.69, 9.17) is 14.2 Å². The third-order valence-corrected chi connectivity index (χ3v) is 15.7. The molecular formula is C68H55B2N3O3. The number of nitrogens with zero attached hydrogens (tertiary/aromatic N) is 3. The number of fused-ring (bicyclic) bond motifs is 8. The first kappa shape index (κ1) is 45.7. The molecule has 0 fully saturated rings. The van der Waals surface area contributed by atoms with Crippen LogP contribution in [0.3, 0.4) is 0 Å². The Hall–Kier alpha value is -8.87. The molecule has 0 atom stereocenters. The van der Waals surface area contributed by atoms with Crippen molar-refractivity contribution in [3.8, 4) is 34.5 Å². The number of anilines is 9. The van der Waals surface area contributed by atoms with Crippen LogP contribution >= 0.6 is 0 Å². The molecule has 0 saturated heterocycles. The molecule has 0 radical (unpaired) electrons. The number of benzene rings is 10. The standard InChI is InChI=1S/C68H55B2N3O3/c1-67(2,3)44-30-34-49(35-31-44)74-51-38-60-65-61(39-51)72(47-22-12-8-13-23-47)58-43-59-56(42-55(58)69(65)53-26-16-18-28-57(53)71(60)46-20-10-7-11-21-46)70-54-27-17-19-29-63(54)76-64-41-52(75-50-36-32-45(33-37-50)68(4,5)6)40-62(66(64)70)73(59)48-24-14-9-15-25-48/h7-43H,1-6H3. The predicted octanol–water partition coefficient (Wildman–Crippen LogP) is 14.4. The Labute approximate surface area is 446 Å². The van der Waals surface area contributed by atoms with Gasteiger partial charge in [-0.2, -0.15) is 0 Å². The van der Waals surface area contributed by atoms with E-state index in [1.165, 1.54) is 33.0 Å². The second-order valence-corrected chi connectivity index (χ2v) is 22.5. The molecule has 0 spiro atoms. The molecule has 10 aromatic rings.